The summed E-state index contributed by atoms with van der Waals surface area (Å²) in [6.45, 7) is 9.42. The first-order valence-electron chi connectivity index (χ1n) is 11.2. The van der Waals surface area contributed by atoms with Crippen molar-refractivity contribution in [1.29, 1.82) is 0 Å². The monoisotopic (exact) mass is 508 g/mol. The molecular weight excluding hydrogens is 467 g/mol. The van der Waals surface area contributed by atoms with Crippen LogP contribution in [0.5, 0.6) is 0 Å². The Morgan fingerprint density at radius 2 is 1.86 bits per heavy atom. The van der Waals surface area contributed by atoms with Gasteiger partial charge in [0.2, 0.25) is 0 Å². The van der Waals surface area contributed by atoms with E-state index in [1.165, 1.54) is 38.6 Å². The van der Waals surface area contributed by atoms with Crippen LogP contribution in [0, 0.1) is 0 Å². The van der Waals surface area contributed by atoms with Crippen molar-refractivity contribution in [1.82, 2.24) is 15.1 Å². The Hall–Kier alpha value is -0.120. The molecule has 3 fully saturated rings. The Bertz CT molecular complexity index is 452. The molecule has 3 aliphatic heterocycles. The van der Waals surface area contributed by atoms with Crippen LogP contribution < -0.4 is 5.32 Å². The third-order valence-corrected chi connectivity index (χ3v) is 6.37. The van der Waals surface area contributed by atoms with Crippen molar-refractivity contribution in [3.05, 3.63) is 0 Å². The lowest BCUT2D eigenvalue weighted by atomic mass is 10.0. The molecular formula is C21H41IN4O2. The maximum Gasteiger partial charge on any atom is 0.193 e. The number of halogens is 1. The maximum atomic E-state index is 6.14. The zero-order valence-electron chi connectivity index (χ0n) is 17.9. The van der Waals surface area contributed by atoms with Crippen molar-refractivity contribution in [2.45, 2.75) is 76.5 Å². The Kier molecular flexibility index (Phi) is 11.4. The van der Waals surface area contributed by atoms with E-state index in [9.17, 15) is 0 Å². The highest BCUT2D eigenvalue weighted by Crippen LogP contribution is 2.18. The van der Waals surface area contributed by atoms with E-state index in [1.54, 1.807) is 0 Å². The zero-order chi connectivity index (χ0) is 18.9. The van der Waals surface area contributed by atoms with Gasteiger partial charge in [0.05, 0.1) is 18.8 Å². The predicted molar refractivity (Wildman–Crippen MR) is 126 cm³/mol. The van der Waals surface area contributed by atoms with Crippen LogP contribution >= 0.6 is 24.0 Å². The SMILES string of the molecule is CN=C(NCCN1CCCCC1C)N1CCC(OCC2CCCCO2)CC1.I. The van der Waals surface area contributed by atoms with Gasteiger partial charge in [-0.2, -0.15) is 0 Å². The van der Waals surface area contributed by atoms with Crippen LogP contribution in [0.1, 0.15) is 58.3 Å². The molecule has 1 N–H and O–H groups in total. The Labute approximate surface area is 188 Å². The average Bonchev–Trinajstić information content (AvgIpc) is 2.72. The van der Waals surface area contributed by atoms with E-state index in [4.69, 9.17) is 9.47 Å². The number of hydrogen-bond acceptors (Lipinski definition) is 4. The maximum absolute atomic E-state index is 6.14. The summed E-state index contributed by atoms with van der Waals surface area (Å²) in [6, 6.07) is 0.726. The highest BCUT2D eigenvalue weighted by Gasteiger charge is 2.24. The number of nitrogens with one attached hydrogen (secondary N) is 1. The molecule has 7 heteroatoms. The molecule has 2 unspecified atom stereocenters. The van der Waals surface area contributed by atoms with Crippen LogP contribution in [0.2, 0.25) is 0 Å². The van der Waals surface area contributed by atoms with E-state index in [0.717, 1.165) is 70.7 Å². The second-order valence-corrected chi connectivity index (χ2v) is 8.36. The van der Waals surface area contributed by atoms with Gasteiger partial charge >= 0.3 is 0 Å². The smallest absolute Gasteiger partial charge is 0.193 e. The lowest BCUT2D eigenvalue weighted by Gasteiger charge is -2.36. The van der Waals surface area contributed by atoms with Gasteiger partial charge in [-0.25, -0.2) is 0 Å². The van der Waals surface area contributed by atoms with Crippen LogP contribution in [0.15, 0.2) is 4.99 Å². The van der Waals surface area contributed by atoms with Crippen LogP contribution in [0.25, 0.3) is 0 Å². The molecule has 2 atom stereocenters. The Balaban J connectivity index is 0.00000280. The molecule has 0 amide bonds. The molecule has 3 saturated heterocycles. The van der Waals surface area contributed by atoms with Crippen molar-refractivity contribution in [3.8, 4) is 0 Å². The molecule has 0 aliphatic carbocycles. The summed E-state index contributed by atoms with van der Waals surface area (Å²) in [7, 11) is 1.90. The number of rotatable bonds is 6. The number of likely N-dealkylation sites (tertiary alicyclic amines) is 2. The highest BCUT2D eigenvalue weighted by molar-refractivity contribution is 14.0. The quantitative estimate of drug-likeness (QED) is 0.340. The van der Waals surface area contributed by atoms with E-state index in [-0.39, 0.29) is 24.0 Å². The molecule has 0 aromatic rings. The molecule has 3 heterocycles. The highest BCUT2D eigenvalue weighted by atomic mass is 127. The predicted octanol–water partition coefficient (Wildman–Crippen LogP) is 3.10. The first kappa shape index (κ1) is 24.2. The van der Waals surface area contributed by atoms with E-state index >= 15 is 0 Å². The van der Waals surface area contributed by atoms with E-state index in [2.05, 4.69) is 27.0 Å². The number of nitrogens with zero attached hydrogens (tertiary/aromatic N) is 3. The average molecular weight is 508 g/mol. The van der Waals surface area contributed by atoms with Crippen molar-refractivity contribution < 1.29 is 9.47 Å². The molecule has 0 aromatic carbocycles. The molecule has 28 heavy (non-hydrogen) atoms. The minimum atomic E-state index is 0. The lowest BCUT2D eigenvalue weighted by molar-refractivity contribution is -0.0721. The van der Waals surface area contributed by atoms with Gasteiger partial charge in [0.1, 0.15) is 0 Å². The first-order valence-corrected chi connectivity index (χ1v) is 11.2. The Morgan fingerprint density at radius 3 is 2.54 bits per heavy atom. The first-order chi connectivity index (χ1) is 13.3. The van der Waals surface area contributed by atoms with E-state index in [1.807, 2.05) is 7.05 Å². The number of guanidine groups is 1. The van der Waals surface area contributed by atoms with E-state index in [0.29, 0.717) is 12.2 Å². The second kappa shape index (κ2) is 13.2. The molecule has 6 nitrogen and oxygen atoms in total. The molecule has 0 radical (unpaired) electrons. The van der Waals surface area contributed by atoms with Gasteiger partial charge in [0.15, 0.2) is 5.96 Å². The van der Waals surface area contributed by atoms with Gasteiger partial charge < -0.3 is 19.7 Å². The Morgan fingerprint density at radius 1 is 1.07 bits per heavy atom. The third-order valence-electron chi connectivity index (χ3n) is 6.37. The van der Waals surface area contributed by atoms with Gasteiger partial charge in [-0.1, -0.05) is 6.42 Å². The fourth-order valence-corrected chi connectivity index (χ4v) is 4.55. The van der Waals surface area contributed by atoms with Crippen LogP contribution in [-0.2, 0) is 9.47 Å². The number of hydrogen-bond donors (Lipinski definition) is 1. The molecule has 3 rings (SSSR count). The zero-order valence-corrected chi connectivity index (χ0v) is 20.2. The molecule has 0 saturated carbocycles. The molecule has 3 aliphatic rings. The summed E-state index contributed by atoms with van der Waals surface area (Å²) in [6.07, 6.45) is 10.6. The second-order valence-electron chi connectivity index (χ2n) is 8.36. The largest absolute Gasteiger partial charge is 0.376 e. The van der Waals surface area contributed by atoms with Crippen LogP contribution in [0.3, 0.4) is 0 Å². The fourth-order valence-electron chi connectivity index (χ4n) is 4.55. The van der Waals surface area contributed by atoms with Crippen molar-refractivity contribution in [2.24, 2.45) is 4.99 Å². The van der Waals surface area contributed by atoms with Gasteiger partial charge in [0.25, 0.3) is 0 Å². The van der Waals surface area contributed by atoms with Crippen molar-refractivity contribution >= 4 is 29.9 Å². The normalized spacial score (nSPS) is 28.1. The van der Waals surface area contributed by atoms with Crippen LogP contribution in [0.4, 0.5) is 0 Å². The molecule has 0 spiro atoms. The van der Waals surface area contributed by atoms with E-state index < -0.39 is 0 Å². The summed E-state index contributed by atoms with van der Waals surface area (Å²) in [5, 5.41) is 3.58. The summed E-state index contributed by atoms with van der Waals surface area (Å²) in [5.74, 6) is 1.05. The summed E-state index contributed by atoms with van der Waals surface area (Å²) in [4.78, 5) is 9.50. The van der Waals surface area contributed by atoms with Gasteiger partial charge in [-0.15, -0.1) is 24.0 Å². The number of piperidine rings is 2. The fraction of sp³-hybridized carbons (Fsp3) is 0.952. The summed E-state index contributed by atoms with van der Waals surface area (Å²) < 4.78 is 11.9. The molecule has 0 aromatic heterocycles. The lowest BCUT2D eigenvalue weighted by Crippen LogP contribution is -2.49. The minimum absolute atomic E-state index is 0. The third kappa shape index (κ3) is 7.61. The topological polar surface area (TPSA) is 49.3 Å². The molecule has 164 valence electrons. The molecule has 0 bridgehead atoms. The minimum Gasteiger partial charge on any atom is -0.376 e. The van der Waals surface area contributed by atoms with Crippen LogP contribution in [-0.4, -0.2) is 87.0 Å². The van der Waals surface area contributed by atoms with Gasteiger partial charge in [-0.3, -0.25) is 9.89 Å². The number of ether oxygens (including phenoxy) is 2. The van der Waals surface area contributed by atoms with Crippen molar-refractivity contribution in [2.75, 3.05) is 53.0 Å². The summed E-state index contributed by atoms with van der Waals surface area (Å²) >= 11 is 0. The summed E-state index contributed by atoms with van der Waals surface area (Å²) in [5.41, 5.74) is 0. The number of aliphatic imine (C=N–C) groups is 1. The van der Waals surface area contributed by atoms with Gasteiger partial charge in [0, 0.05) is 45.9 Å². The van der Waals surface area contributed by atoms with Gasteiger partial charge in [-0.05, 0) is 58.4 Å². The standard InChI is InChI=1S/C21H40N4O2.HI/c1-18-7-3-5-12-24(18)15-11-23-21(22-2)25-13-9-19(10-14-25)27-17-20-8-4-6-16-26-20;/h18-20H,3-17H2,1-2H3,(H,22,23);1H. The van der Waals surface area contributed by atoms with Crippen molar-refractivity contribution in [3.63, 3.8) is 0 Å².